The van der Waals surface area contributed by atoms with Crippen molar-refractivity contribution in [3.63, 3.8) is 0 Å². The van der Waals surface area contributed by atoms with E-state index in [9.17, 15) is 0 Å². The Balaban J connectivity index is 2.26. The average molecular weight is 240 g/mol. The van der Waals surface area contributed by atoms with E-state index in [2.05, 4.69) is 22.9 Å². The summed E-state index contributed by atoms with van der Waals surface area (Å²) in [5, 5.41) is 0.661. The van der Waals surface area contributed by atoms with Crippen LogP contribution in [-0.2, 0) is 0 Å². The van der Waals surface area contributed by atoms with E-state index < -0.39 is 0 Å². The largest absolute Gasteiger partial charge is 0.396 e. The number of benzene rings is 1. The van der Waals surface area contributed by atoms with E-state index >= 15 is 0 Å². The molecule has 1 fully saturated rings. The summed E-state index contributed by atoms with van der Waals surface area (Å²) < 4.78 is 0. The maximum Gasteiger partial charge on any atom is 0.0741 e. The fraction of sp³-hybridized carbons (Fsp3) is 0.500. The minimum Gasteiger partial charge on any atom is -0.396 e. The number of nitrogens with two attached hydrogens (primary N) is 1. The molecule has 0 spiro atoms. The van der Waals surface area contributed by atoms with E-state index in [1.165, 1.54) is 0 Å². The molecule has 0 saturated carbocycles. The van der Waals surface area contributed by atoms with Crippen LogP contribution in [0.2, 0.25) is 5.02 Å². The summed E-state index contributed by atoms with van der Waals surface area (Å²) in [5.41, 5.74) is 8.98. The average Bonchev–Trinajstić information content (AvgIpc) is 2.25. The molecule has 1 aliphatic heterocycles. The van der Waals surface area contributed by atoms with Crippen LogP contribution in [-0.4, -0.2) is 38.1 Å². The van der Waals surface area contributed by atoms with Crippen LogP contribution in [0.5, 0.6) is 0 Å². The standard InChI is InChI=1S/C12H18ClN3/c1-9-7-10(13)12(14)11(8-9)16-5-3-15(2)4-6-16/h7-8H,3-6,14H2,1-2H3. The Morgan fingerprint density at radius 2 is 1.81 bits per heavy atom. The molecule has 0 bridgehead atoms. The molecule has 1 aromatic carbocycles. The maximum atomic E-state index is 6.10. The summed E-state index contributed by atoms with van der Waals surface area (Å²) in [6.45, 7) is 6.22. The van der Waals surface area contributed by atoms with Crippen LogP contribution in [0.1, 0.15) is 5.56 Å². The highest BCUT2D eigenvalue weighted by molar-refractivity contribution is 6.33. The first kappa shape index (κ1) is 11.6. The lowest BCUT2D eigenvalue weighted by Gasteiger charge is -2.35. The Kier molecular flexibility index (Phi) is 3.26. The number of piperazine rings is 1. The number of hydrogen-bond donors (Lipinski definition) is 1. The molecular formula is C12H18ClN3. The number of hydrogen-bond acceptors (Lipinski definition) is 3. The number of nitrogen functional groups attached to an aromatic ring is 1. The van der Waals surface area contributed by atoms with Gasteiger partial charge in [0.15, 0.2) is 0 Å². The zero-order valence-electron chi connectivity index (χ0n) is 9.83. The quantitative estimate of drug-likeness (QED) is 0.761. The molecule has 0 atom stereocenters. The number of likely N-dealkylation sites (N-methyl/N-ethyl adjacent to an activating group) is 1. The van der Waals surface area contributed by atoms with Crippen LogP contribution in [0.15, 0.2) is 12.1 Å². The smallest absolute Gasteiger partial charge is 0.0741 e. The van der Waals surface area contributed by atoms with E-state index in [1.807, 2.05) is 13.0 Å². The summed E-state index contributed by atoms with van der Waals surface area (Å²) >= 11 is 6.10. The second-order valence-electron chi connectivity index (χ2n) is 4.47. The molecule has 0 amide bonds. The van der Waals surface area contributed by atoms with Crippen molar-refractivity contribution in [2.24, 2.45) is 0 Å². The predicted molar refractivity (Wildman–Crippen MR) is 70.3 cm³/mol. The molecule has 3 nitrogen and oxygen atoms in total. The normalized spacial score (nSPS) is 17.8. The zero-order chi connectivity index (χ0) is 11.7. The van der Waals surface area contributed by atoms with E-state index in [0.29, 0.717) is 10.7 Å². The third-order valence-corrected chi connectivity index (χ3v) is 3.41. The van der Waals surface area contributed by atoms with Gasteiger partial charge in [0, 0.05) is 26.2 Å². The monoisotopic (exact) mass is 239 g/mol. The lowest BCUT2D eigenvalue weighted by molar-refractivity contribution is 0.313. The van der Waals surface area contributed by atoms with Crippen molar-refractivity contribution < 1.29 is 0 Å². The van der Waals surface area contributed by atoms with Crippen LogP contribution >= 0.6 is 11.6 Å². The molecule has 0 aliphatic carbocycles. The molecule has 16 heavy (non-hydrogen) atoms. The van der Waals surface area contributed by atoms with Gasteiger partial charge in [-0.25, -0.2) is 0 Å². The van der Waals surface area contributed by atoms with Gasteiger partial charge in [-0.1, -0.05) is 11.6 Å². The summed E-state index contributed by atoms with van der Waals surface area (Å²) in [5.74, 6) is 0. The number of anilines is 2. The SMILES string of the molecule is Cc1cc(Cl)c(N)c(N2CCN(C)CC2)c1. The third-order valence-electron chi connectivity index (χ3n) is 3.10. The molecular weight excluding hydrogens is 222 g/mol. The van der Waals surface area contributed by atoms with E-state index in [1.54, 1.807) is 0 Å². The second kappa shape index (κ2) is 4.52. The van der Waals surface area contributed by atoms with Crippen LogP contribution < -0.4 is 10.6 Å². The molecule has 0 aromatic heterocycles. The summed E-state index contributed by atoms with van der Waals surface area (Å²) in [6, 6.07) is 4.03. The van der Waals surface area contributed by atoms with Gasteiger partial charge in [-0.3, -0.25) is 0 Å². The Morgan fingerprint density at radius 3 is 2.44 bits per heavy atom. The van der Waals surface area contributed by atoms with Crippen molar-refractivity contribution in [3.8, 4) is 0 Å². The molecule has 1 saturated heterocycles. The Morgan fingerprint density at radius 1 is 1.19 bits per heavy atom. The van der Waals surface area contributed by atoms with Crippen LogP contribution in [0, 0.1) is 6.92 Å². The van der Waals surface area contributed by atoms with Gasteiger partial charge in [0.1, 0.15) is 0 Å². The molecule has 1 aromatic rings. The van der Waals surface area contributed by atoms with Gasteiger partial charge < -0.3 is 15.5 Å². The van der Waals surface area contributed by atoms with E-state index in [-0.39, 0.29) is 0 Å². The summed E-state index contributed by atoms with van der Waals surface area (Å²) in [7, 11) is 2.14. The molecule has 2 N–H and O–H groups in total. The minimum atomic E-state index is 0.661. The molecule has 1 heterocycles. The molecule has 88 valence electrons. The fourth-order valence-corrected chi connectivity index (χ4v) is 2.31. The number of rotatable bonds is 1. The second-order valence-corrected chi connectivity index (χ2v) is 4.88. The van der Waals surface area contributed by atoms with E-state index in [0.717, 1.165) is 37.4 Å². The predicted octanol–water partition coefficient (Wildman–Crippen LogP) is 1.98. The van der Waals surface area contributed by atoms with Crippen molar-refractivity contribution in [2.45, 2.75) is 6.92 Å². The van der Waals surface area contributed by atoms with Gasteiger partial charge in [0.05, 0.1) is 16.4 Å². The number of aryl methyl sites for hydroxylation is 1. The Labute approximate surface area is 102 Å². The topological polar surface area (TPSA) is 32.5 Å². The van der Waals surface area contributed by atoms with Gasteiger partial charge in [-0.15, -0.1) is 0 Å². The fourth-order valence-electron chi connectivity index (χ4n) is 2.04. The van der Waals surface area contributed by atoms with Crippen molar-refractivity contribution >= 4 is 23.0 Å². The van der Waals surface area contributed by atoms with Gasteiger partial charge in [0.25, 0.3) is 0 Å². The van der Waals surface area contributed by atoms with E-state index in [4.69, 9.17) is 17.3 Å². The Bertz CT molecular complexity index is 384. The molecule has 2 rings (SSSR count). The van der Waals surface area contributed by atoms with Gasteiger partial charge in [-0.2, -0.15) is 0 Å². The first-order valence-electron chi connectivity index (χ1n) is 5.57. The lowest BCUT2D eigenvalue weighted by atomic mass is 10.1. The zero-order valence-corrected chi connectivity index (χ0v) is 10.6. The highest BCUT2D eigenvalue weighted by Gasteiger charge is 2.17. The van der Waals surface area contributed by atoms with Gasteiger partial charge in [0.2, 0.25) is 0 Å². The minimum absolute atomic E-state index is 0.661. The highest BCUT2D eigenvalue weighted by atomic mass is 35.5. The number of nitrogens with zero attached hydrogens (tertiary/aromatic N) is 2. The van der Waals surface area contributed by atoms with Crippen molar-refractivity contribution in [2.75, 3.05) is 43.9 Å². The summed E-state index contributed by atoms with van der Waals surface area (Å²) in [4.78, 5) is 4.64. The summed E-state index contributed by atoms with van der Waals surface area (Å²) in [6.07, 6.45) is 0. The third kappa shape index (κ3) is 2.25. The first-order valence-corrected chi connectivity index (χ1v) is 5.95. The lowest BCUT2D eigenvalue weighted by Crippen LogP contribution is -2.44. The first-order chi connectivity index (χ1) is 7.58. The molecule has 0 unspecified atom stereocenters. The van der Waals surface area contributed by atoms with Crippen LogP contribution in [0.3, 0.4) is 0 Å². The van der Waals surface area contributed by atoms with Crippen molar-refractivity contribution in [1.82, 2.24) is 4.90 Å². The van der Waals surface area contributed by atoms with Crippen LogP contribution in [0.25, 0.3) is 0 Å². The molecule has 0 radical (unpaired) electrons. The van der Waals surface area contributed by atoms with Crippen LogP contribution in [0.4, 0.5) is 11.4 Å². The maximum absolute atomic E-state index is 6.10. The molecule has 4 heteroatoms. The van der Waals surface area contributed by atoms with Gasteiger partial charge >= 0.3 is 0 Å². The Hall–Kier alpha value is -0.930. The van der Waals surface area contributed by atoms with Crippen molar-refractivity contribution in [1.29, 1.82) is 0 Å². The molecule has 1 aliphatic rings. The van der Waals surface area contributed by atoms with Crippen molar-refractivity contribution in [3.05, 3.63) is 22.7 Å². The van der Waals surface area contributed by atoms with Gasteiger partial charge in [-0.05, 0) is 31.7 Å². The highest BCUT2D eigenvalue weighted by Crippen LogP contribution is 2.32. The number of halogens is 1.